The number of rotatable bonds is 4. The molecule has 1 aliphatic heterocycles. The molecule has 0 radical (unpaired) electrons. The SMILES string of the molecule is CC(C)(C)OC(=O)N1CC[C@@H](n2c(=O)n(-c3ccc(Oc4ccccc4)cc3)c3c(N)ncnc32)C1. The summed E-state index contributed by atoms with van der Waals surface area (Å²) in [5, 5.41) is 0. The van der Waals surface area contributed by atoms with Crippen LogP contribution >= 0.6 is 0 Å². The van der Waals surface area contributed by atoms with Gasteiger partial charge in [0.2, 0.25) is 0 Å². The van der Waals surface area contributed by atoms with Gasteiger partial charge in [0.05, 0.1) is 11.7 Å². The minimum atomic E-state index is -0.597. The molecule has 1 aliphatic rings. The summed E-state index contributed by atoms with van der Waals surface area (Å²) in [6, 6.07) is 16.3. The lowest BCUT2D eigenvalue weighted by molar-refractivity contribution is 0.0289. The topological polar surface area (TPSA) is 118 Å². The number of fused-ring (bicyclic) bond motifs is 1. The van der Waals surface area contributed by atoms with Crippen molar-refractivity contribution in [2.75, 3.05) is 18.8 Å². The summed E-state index contributed by atoms with van der Waals surface area (Å²) in [7, 11) is 0. The van der Waals surface area contributed by atoms with Gasteiger partial charge in [-0.05, 0) is 63.6 Å². The van der Waals surface area contributed by atoms with Crippen molar-refractivity contribution >= 4 is 23.1 Å². The van der Waals surface area contributed by atoms with Crippen molar-refractivity contribution in [3.63, 3.8) is 0 Å². The third kappa shape index (κ3) is 4.49. The van der Waals surface area contributed by atoms with E-state index in [0.29, 0.717) is 47.9 Å². The molecule has 36 heavy (non-hydrogen) atoms. The van der Waals surface area contributed by atoms with Crippen molar-refractivity contribution in [2.45, 2.75) is 38.8 Å². The zero-order valence-corrected chi connectivity index (χ0v) is 20.4. The Morgan fingerprint density at radius 2 is 1.72 bits per heavy atom. The van der Waals surface area contributed by atoms with Gasteiger partial charge in [-0.3, -0.25) is 9.13 Å². The molecule has 2 N–H and O–H groups in total. The molecule has 5 rings (SSSR count). The first-order chi connectivity index (χ1) is 17.2. The molecule has 186 valence electrons. The van der Waals surface area contributed by atoms with Gasteiger partial charge in [-0.2, -0.15) is 0 Å². The Morgan fingerprint density at radius 3 is 2.42 bits per heavy atom. The number of nitrogens with zero attached hydrogens (tertiary/aromatic N) is 5. The summed E-state index contributed by atoms with van der Waals surface area (Å²) in [5.74, 6) is 1.55. The second-order valence-electron chi connectivity index (χ2n) is 9.70. The van der Waals surface area contributed by atoms with Gasteiger partial charge < -0.3 is 20.1 Å². The van der Waals surface area contributed by atoms with E-state index in [4.69, 9.17) is 15.2 Å². The van der Waals surface area contributed by atoms with E-state index in [0.717, 1.165) is 0 Å². The Hall–Kier alpha value is -4.34. The summed E-state index contributed by atoms with van der Waals surface area (Å²) in [5.41, 5.74) is 6.78. The van der Waals surface area contributed by atoms with E-state index < -0.39 is 11.7 Å². The Kier molecular flexibility index (Phi) is 5.87. The maximum atomic E-state index is 13.7. The number of para-hydroxylation sites is 1. The average molecular weight is 489 g/mol. The lowest BCUT2D eigenvalue weighted by Gasteiger charge is -2.24. The number of ether oxygens (including phenoxy) is 2. The number of carbonyl (C=O) groups excluding carboxylic acids is 1. The lowest BCUT2D eigenvalue weighted by atomic mass is 10.2. The molecule has 3 heterocycles. The zero-order valence-electron chi connectivity index (χ0n) is 20.4. The van der Waals surface area contributed by atoms with Crippen LogP contribution in [0.5, 0.6) is 11.5 Å². The molecule has 0 bridgehead atoms. The fraction of sp³-hybridized carbons (Fsp3) is 0.308. The Morgan fingerprint density at radius 1 is 1.03 bits per heavy atom. The monoisotopic (exact) mass is 488 g/mol. The van der Waals surface area contributed by atoms with Crippen LogP contribution in [0.1, 0.15) is 33.2 Å². The first kappa shape index (κ1) is 23.4. The van der Waals surface area contributed by atoms with Crippen LogP contribution in [0.3, 0.4) is 0 Å². The maximum Gasteiger partial charge on any atom is 0.410 e. The number of anilines is 1. The van der Waals surface area contributed by atoms with Crippen molar-refractivity contribution in [1.82, 2.24) is 24.0 Å². The summed E-state index contributed by atoms with van der Waals surface area (Å²) in [4.78, 5) is 36.5. The molecule has 0 spiro atoms. The van der Waals surface area contributed by atoms with E-state index >= 15 is 0 Å². The highest BCUT2D eigenvalue weighted by Gasteiger charge is 2.34. The fourth-order valence-corrected chi connectivity index (χ4v) is 4.37. The Balaban J connectivity index is 1.49. The van der Waals surface area contributed by atoms with Crippen LogP contribution in [0, 0.1) is 0 Å². The highest BCUT2D eigenvalue weighted by molar-refractivity contribution is 5.84. The first-order valence-electron chi connectivity index (χ1n) is 11.8. The van der Waals surface area contributed by atoms with Crippen LogP contribution in [0.25, 0.3) is 16.9 Å². The van der Waals surface area contributed by atoms with E-state index in [1.54, 1.807) is 33.7 Å². The molecule has 0 aliphatic carbocycles. The van der Waals surface area contributed by atoms with Crippen LogP contribution in [-0.2, 0) is 4.74 Å². The molecule has 1 amide bonds. The molecule has 4 aromatic rings. The third-order valence-corrected chi connectivity index (χ3v) is 5.93. The minimum absolute atomic E-state index is 0.197. The quantitative estimate of drug-likeness (QED) is 0.459. The number of nitrogen functional groups attached to an aromatic ring is 1. The normalized spacial score (nSPS) is 15.9. The largest absolute Gasteiger partial charge is 0.457 e. The Bertz CT molecular complexity index is 1450. The van der Waals surface area contributed by atoms with Gasteiger partial charge in [0.1, 0.15) is 28.9 Å². The van der Waals surface area contributed by atoms with Crippen molar-refractivity contribution in [3.05, 3.63) is 71.4 Å². The number of imidazole rings is 1. The Labute approximate surface area is 207 Å². The first-order valence-corrected chi connectivity index (χ1v) is 11.8. The minimum Gasteiger partial charge on any atom is -0.457 e. The predicted molar refractivity (Wildman–Crippen MR) is 136 cm³/mol. The predicted octanol–water partition coefficient (Wildman–Crippen LogP) is 4.14. The van der Waals surface area contributed by atoms with Crippen LogP contribution < -0.4 is 16.2 Å². The fourth-order valence-electron chi connectivity index (χ4n) is 4.37. The van der Waals surface area contributed by atoms with E-state index in [1.807, 2.05) is 51.1 Å². The van der Waals surface area contributed by atoms with Gasteiger partial charge in [0.25, 0.3) is 0 Å². The van der Waals surface area contributed by atoms with Crippen molar-refractivity contribution in [1.29, 1.82) is 0 Å². The lowest BCUT2D eigenvalue weighted by Crippen LogP contribution is -2.36. The van der Waals surface area contributed by atoms with Gasteiger partial charge in [0, 0.05) is 13.1 Å². The van der Waals surface area contributed by atoms with E-state index in [1.165, 1.54) is 10.9 Å². The maximum absolute atomic E-state index is 13.7. The molecule has 2 aromatic carbocycles. The van der Waals surface area contributed by atoms with Crippen molar-refractivity contribution in [3.8, 4) is 17.2 Å². The number of benzene rings is 2. The van der Waals surface area contributed by atoms with Gasteiger partial charge >= 0.3 is 11.8 Å². The van der Waals surface area contributed by atoms with Crippen LogP contribution in [0.4, 0.5) is 10.6 Å². The summed E-state index contributed by atoms with van der Waals surface area (Å²) < 4.78 is 14.5. The third-order valence-electron chi connectivity index (χ3n) is 5.93. The van der Waals surface area contributed by atoms with Gasteiger partial charge in [-0.25, -0.2) is 19.6 Å². The highest BCUT2D eigenvalue weighted by atomic mass is 16.6. The van der Waals surface area contributed by atoms with Gasteiger partial charge in [-0.15, -0.1) is 0 Å². The number of carbonyl (C=O) groups is 1. The molecule has 10 nitrogen and oxygen atoms in total. The molecule has 1 saturated heterocycles. The second kappa shape index (κ2) is 9.03. The number of hydrogen-bond acceptors (Lipinski definition) is 7. The summed E-state index contributed by atoms with van der Waals surface area (Å²) in [6.45, 7) is 6.29. The average Bonchev–Trinajstić information content (AvgIpc) is 3.42. The number of likely N-dealkylation sites (tertiary alicyclic amines) is 1. The van der Waals surface area contributed by atoms with Gasteiger partial charge in [-0.1, -0.05) is 18.2 Å². The highest BCUT2D eigenvalue weighted by Crippen LogP contribution is 2.29. The number of amides is 1. The molecular weight excluding hydrogens is 460 g/mol. The van der Waals surface area contributed by atoms with Crippen LogP contribution in [0.15, 0.2) is 65.7 Å². The number of aromatic nitrogens is 4. The molecule has 1 fully saturated rings. The molecule has 0 saturated carbocycles. The van der Waals surface area contributed by atoms with E-state index in [2.05, 4.69) is 9.97 Å². The molecule has 10 heteroatoms. The summed E-state index contributed by atoms with van der Waals surface area (Å²) >= 11 is 0. The van der Waals surface area contributed by atoms with E-state index in [9.17, 15) is 9.59 Å². The number of hydrogen-bond donors (Lipinski definition) is 1. The molecule has 0 unspecified atom stereocenters. The van der Waals surface area contributed by atoms with Crippen molar-refractivity contribution in [2.24, 2.45) is 0 Å². The molecule has 2 aromatic heterocycles. The van der Waals surface area contributed by atoms with Gasteiger partial charge in [0.15, 0.2) is 11.5 Å². The van der Waals surface area contributed by atoms with E-state index in [-0.39, 0.29) is 17.5 Å². The second-order valence-corrected chi connectivity index (χ2v) is 9.70. The molecule has 1 atom stereocenters. The van der Waals surface area contributed by atoms with Crippen LogP contribution in [-0.4, -0.2) is 48.8 Å². The van der Waals surface area contributed by atoms with Crippen LogP contribution in [0.2, 0.25) is 0 Å². The smallest absolute Gasteiger partial charge is 0.410 e. The number of nitrogens with two attached hydrogens (primary N) is 1. The summed E-state index contributed by atoms with van der Waals surface area (Å²) in [6.07, 6.45) is 1.53. The zero-order chi connectivity index (χ0) is 25.4. The van der Waals surface area contributed by atoms with Crippen molar-refractivity contribution < 1.29 is 14.3 Å². The standard InChI is InChI=1S/C26H28N6O4/c1-26(2,3)36-25(34)30-14-13-18(15-30)32-23-21(22(27)28-16-29-23)31(24(32)33)17-9-11-20(12-10-17)35-19-7-5-4-6-8-19/h4-12,16,18H,13-15H2,1-3H3,(H2,27,28,29)/t18-/m1/s1. The molecular formula is C26H28N6O4.